The van der Waals surface area contributed by atoms with Gasteiger partial charge in [-0.15, -0.1) is 0 Å². The van der Waals surface area contributed by atoms with Gasteiger partial charge in [0.25, 0.3) is 5.91 Å². The lowest BCUT2D eigenvalue weighted by Gasteiger charge is -2.29. The average molecular weight is 513 g/mol. The second kappa shape index (κ2) is 10.3. The fourth-order valence-corrected chi connectivity index (χ4v) is 4.82. The Balaban J connectivity index is 1.39. The van der Waals surface area contributed by atoms with Gasteiger partial charge in [-0.25, -0.2) is 19.9 Å². The van der Waals surface area contributed by atoms with Crippen LogP contribution in [0.5, 0.6) is 0 Å². The van der Waals surface area contributed by atoms with Crippen molar-refractivity contribution in [3.8, 4) is 22.5 Å². The molecule has 0 saturated carbocycles. The van der Waals surface area contributed by atoms with Crippen LogP contribution in [0.15, 0.2) is 48.9 Å². The standard InChI is InChI=1S/C27H28N8O3/c28-27-30-15-20(16-31-27)24-32-22-13-19(14-29-23(22)25(33-24)34-8-10-38-11-9-34)17-2-1-3-18(12-17)26(37)35-6-4-21(36)5-7-35/h1-3,12-16,21,36H,4-11H2,(H2,28,30,31). The summed E-state index contributed by atoms with van der Waals surface area (Å²) in [5.74, 6) is 1.36. The number of carbonyl (C=O) groups is 1. The first-order chi connectivity index (χ1) is 18.5. The van der Waals surface area contributed by atoms with Gasteiger partial charge in [-0.3, -0.25) is 9.78 Å². The largest absolute Gasteiger partial charge is 0.393 e. The molecule has 194 valence electrons. The number of fused-ring (bicyclic) bond motifs is 1. The molecule has 0 atom stereocenters. The molecule has 11 nitrogen and oxygen atoms in total. The van der Waals surface area contributed by atoms with E-state index in [9.17, 15) is 9.90 Å². The first kappa shape index (κ1) is 24.1. The van der Waals surface area contributed by atoms with Crippen LogP contribution in [0.25, 0.3) is 33.5 Å². The third kappa shape index (κ3) is 4.85. The predicted octanol–water partition coefficient (Wildman–Crippen LogP) is 2.16. The quantitative estimate of drug-likeness (QED) is 0.417. The number of aliphatic hydroxyl groups excluding tert-OH is 1. The summed E-state index contributed by atoms with van der Waals surface area (Å²) in [5.41, 5.74) is 10.0. The number of nitrogens with zero attached hydrogens (tertiary/aromatic N) is 7. The van der Waals surface area contributed by atoms with Crippen molar-refractivity contribution in [2.24, 2.45) is 0 Å². The molecule has 1 aromatic carbocycles. The first-order valence-electron chi connectivity index (χ1n) is 12.7. The smallest absolute Gasteiger partial charge is 0.253 e. The Morgan fingerprint density at radius 1 is 0.921 bits per heavy atom. The van der Waals surface area contributed by atoms with Crippen LogP contribution >= 0.6 is 0 Å². The number of nitrogen functional groups attached to an aromatic ring is 1. The number of pyridine rings is 1. The lowest BCUT2D eigenvalue weighted by Crippen LogP contribution is -2.40. The van der Waals surface area contributed by atoms with E-state index in [1.807, 2.05) is 30.3 Å². The third-order valence-electron chi connectivity index (χ3n) is 6.95. The van der Waals surface area contributed by atoms with E-state index < -0.39 is 0 Å². The highest BCUT2D eigenvalue weighted by Gasteiger charge is 2.23. The molecule has 3 aromatic heterocycles. The normalized spacial score (nSPS) is 16.7. The number of carbonyl (C=O) groups excluding carboxylic acids is 1. The number of hydrogen-bond donors (Lipinski definition) is 2. The summed E-state index contributed by atoms with van der Waals surface area (Å²) in [6, 6.07) is 9.51. The van der Waals surface area contributed by atoms with Gasteiger partial charge in [0, 0.05) is 55.9 Å². The number of nitrogens with two attached hydrogens (primary N) is 1. The maximum Gasteiger partial charge on any atom is 0.253 e. The number of aliphatic hydroxyl groups is 1. The molecular formula is C27H28N8O3. The van der Waals surface area contributed by atoms with Crippen molar-refractivity contribution in [2.75, 3.05) is 50.0 Å². The van der Waals surface area contributed by atoms with Gasteiger partial charge in [-0.2, -0.15) is 0 Å². The molecular weight excluding hydrogens is 484 g/mol. The summed E-state index contributed by atoms with van der Waals surface area (Å²) in [4.78, 5) is 39.7. The van der Waals surface area contributed by atoms with E-state index in [1.54, 1.807) is 23.5 Å². The van der Waals surface area contributed by atoms with Gasteiger partial charge < -0.3 is 25.4 Å². The van der Waals surface area contributed by atoms with Gasteiger partial charge in [0.05, 0.1) is 30.4 Å². The molecule has 0 unspecified atom stereocenters. The number of morpholine rings is 1. The van der Waals surface area contributed by atoms with Gasteiger partial charge in [0.2, 0.25) is 5.95 Å². The second-order valence-corrected chi connectivity index (χ2v) is 9.50. The van der Waals surface area contributed by atoms with E-state index >= 15 is 0 Å². The zero-order chi connectivity index (χ0) is 26.1. The molecule has 0 radical (unpaired) electrons. The first-order valence-corrected chi connectivity index (χ1v) is 12.7. The molecule has 0 aliphatic carbocycles. The van der Waals surface area contributed by atoms with Crippen molar-refractivity contribution in [1.82, 2.24) is 29.8 Å². The van der Waals surface area contributed by atoms with E-state index in [-0.39, 0.29) is 18.0 Å². The van der Waals surface area contributed by atoms with Crippen LogP contribution in [0, 0.1) is 0 Å². The van der Waals surface area contributed by atoms with Crippen LogP contribution in [0.1, 0.15) is 23.2 Å². The number of likely N-dealkylation sites (tertiary alicyclic amines) is 1. The highest BCUT2D eigenvalue weighted by molar-refractivity contribution is 5.96. The SMILES string of the molecule is Nc1ncc(-c2nc(N3CCOCC3)c3ncc(-c4cccc(C(=O)N5CCC(O)CC5)c4)cc3n2)cn1. The van der Waals surface area contributed by atoms with Crippen molar-refractivity contribution in [3.63, 3.8) is 0 Å². The zero-order valence-electron chi connectivity index (χ0n) is 20.8. The average Bonchev–Trinajstić information content (AvgIpc) is 2.97. The van der Waals surface area contributed by atoms with E-state index in [0.717, 1.165) is 16.9 Å². The lowest BCUT2D eigenvalue weighted by atomic mass is 10.0. The van der Waals surface area contributed by atoms with Gasteiger partial charge in [0.1, 0.15) is 5.52 Å². The van der Waals surface area contributed by atoms with E-state index in [4.69, 9.17) is 25.4 Å². The Morgan fingerprint density at radius 3 is 2.42 bits per heavy atom. The van der Waals surface area contributed by atoms with Crippen molar-refractivity contribution in [2.45, 2.75) is 18.9 Å². The summed E-state index contributed by atoms with van der Waals surface area (Å²) in [7, 11) is 0. The third-order valence-corrected chi connectivity index (χ3v) is 6.95. The number of anilines is 2. The Labute approximate surface area is 219 Å². The van der Waals surface area contributed by atoms with E-state index in [0.29, 0.717) is 80.2 Å². The molecule has 0 spiro atoms. The van der Waals surface area contributed by atoms with Gasteiger partial charge >= 0.3 is 0 Å². The van der Waals surface area contributed by atoms with Crippen molar-refractivity contribution >= 4 is 28.7 Å². The van der Waals surface area contributed by atoms with Crippen LogP contribution in [0.2, 0.25) is 0 Å². The van der Waals surface area contributed by atoms with Crippen LogP contribution in [0.3, 0.4) is 0 Å². The molecule has 3 N–H and O–H groups in total. The van der Waals surface area contributed by atoms with E-state index in [2.05, 4.69) is 14.9 Å². The number of amides is 1. The number of rotatable bonds is 4. The number of hydrogen-bond acceptors (Lipinski definition) is 10. The van der Waals surface area contributed by atoms with Gasteiger partial charge in [0.15, 0.2) is 11.6 Å². The van der Waals surface area contributed by atoms with Gasteiger partial charge in [-0.05, 0) is 36.6 Å². The molecule has 6 rings (SSSR count). The Morgan fingerprint density at radius 2 is 1.66 bits per heavy atom. The summed E-state index contributed by atoms with van der Waals surface area (Å²) < 4.78 is 5.54. The molecule has 2 aliphatic heterocycles. The molecule has 2 saturated heterocycles. The molecule has 4 aromatic rings. The minimum absolute atomic E-state index is 0.0323. The Kier molecular flexibility index (Phi) is 6.52. The minimum atomic E-state index is -0.330. The lowest BCUT2D eigenvalue weighted by molar-refractivity contribution is 0.0546. The van der Waals surface area contributed by atoms with E-state index in [1.165, 1.54) is 0 Å². The van der Waals surface area contributed by atoms with Crippen LogP contribution in [0.4, 0.5) is 11.8 Å². The molecule has 1 amide bonds. The molecule has 0 bridgehead atoms. The maximum atomic E-state index is 13.1. The summed E-state index contributed by atoms with van der Waals surface area (Å²) >= 11 is 0. The summed E-state index contributed by atoms with van der Waals surface area (Å²) in [5, 5.41) is 9.79. The highest BCUT2D eigenvalue weighted by atomic mass is 16.5. The van der Waals surface area contributed by atoms with Gasteiger partial charge in [-0.1, -0.05) is 12.1 Å². The fraction of sp³-hybridized carbons (Fsp3) is 0.333. The summed E-state index contributed by atoms with van der Waals surface area (Å²) in [6.07, 6.45) is 5.89. The topological polar surface area (TPSA) is 143 Å². The summed E-state index contributed by atoms with van der Waals surface area (Å²) in [6.45, 7) is 3.73. The molecule has 2 aliphatic rings. The Hall–Kier alpha value is -4.22. The molecule has 5 heterocycles. The van der Waals surface area contributed by atoms with Crippen LogP contribution in [-0.2, 0) is 4.74 Å². The zero-order valence-corrected chi connectivity index (χ0v) is 20.8. The van der Waals surface area contributed by atoms with Crippen LogP contribution in [-0.4, -0.2) is 86.3 Å². The number of ether oxygens (including phenoxy) is 1. The predicted molar refractivity (Wildman–Crippen MR) is 142 cm³/mol. The molecule has 38 heavy (non-hydrogen) atoms. The van der Waals surface area contributed by atoms with Crippen LogP contribution < -0.4 is 10.6 Å². The van der Waals surface area contributed by atoms with Crippen molar-refractivity contribution < 1.29 is 14.6 Å². The van der Waals surface area contributed by atoms with Crippen molar-refractivity contribution in [3.05, 3.63) is 54.5 Å². The number of aromatic nitrogens is 5. The maximum absolute atomic E-state index is 13.1. The molecule has 11 heteroatoms. The monoisotopic (exact) mass is 512 g/mol. The number of benzene rings is 1. The number of piperidine rings is 1. The van der Waals surface area contributed by atoms with Crippen molar-refractivity contribution in [1.29, 1.82) is 0 Å². The molecule has 2 fully saturated rings. The second-order valence-electron chi connectivity index (χ2n) is 9.50. The highest BCUT2D eigenvalue weighted by Crippen LogP contribution is 2.30. The Bertz CT molecular complexity index is 1470. The minimum Gasteiger partial charge on any atom is -0.393 e. The fourth-order valence-electron chi connectivity index (χ4n) is 4.82.